The van der Waals surface area contributed by atoms with Crippen LogP contribution in [0.2, 0.25) is 0 Å². The number of hydrazine groups is 1. The number of nitrogen functional groups attached to an aromatic ring is 1. The van der Waals surface area contributed by atoms with E-state index in [0.29, 0.717) is 30.5 Å². The van der Waals surface area contributed by atoms with Crippen LogP contribution in [0.3, 0.4) is 0 Å². The Hall–Kier alpha value is -1.86. The first-order chi connectivity index (χ1) is 9.79. The van der Waals surface area contributed by atoms with E-state index in [9.17, 15) is 0 Å². The molecule has 0 saturated heterocycles. The highest BCUT2D eigenvalue weighted by molar-refractivity contribution is 9.10. The molecule has 0 saturated carbocycles. The van der Waals surface area contributed by atoms with E-state index >= 15 is 0 Å². The third-order valence-electron chi connectivity index (χ3n) is 2.91. The van der Waals surface area contributed by atoms with Gasteiger partial charge < -0.3 is 14.9 Å². The lowest BCUT2D eigenvalue weighted by Gasteiger charge is -2.12. The third kappa shape index (κ3) is 2.41. The molecule has 104 valence electrons. The van der Waals surface area contributed by atoms with Crippen LogP contribution in [-0.2, 0) is 0 Å². The minimum absolute atomic E-state index is 0.508. The van der Waals surface area contributed by atoms with Crippen LogP contribution in [0.25, 0.3) is 11.3 Å². The number of fused-ring (bicyclic) bond motifs is 1. The lowest BCUT2D eigenvalue weighted by molar-refractivity contribution is 0.296. The molecular formula is C13H13BrN4O2. The van der Waals surface area contributed by atoms with Crippen molar-refractivity contribution in [3.05, 3.63) is 29.0 Å². The number of anilines is 1. The maximum Gasteiger partial charge on any atom is 0.175 e. The zero-order valence-corrected chi connectivity index (χ0v) is 12.2. The average Bonchev–Trinajstić information content (AvgIpc) is 2.73. The first-order valence-corrected chi connectivity index (χ1v) is 6.96. The lowest BCUT2D eigenvalue weighted by atomic mass is 10.1. The summed E-state index contributed by atoms with van der Waals surface area (Å²) in [6.07, 6.45) is 4.06. The van der Waals surface area contributed by atoms with E-state index < -0.39 is 0 Å². The number of hydrogen-bond acceptors (Lipinski definition) is 6. The number of nitrogens with two attached hydrogens (primary N) is 1. The number of nitrogens with zero attached hydrogens (tertiary/aromatic N) is 2. The Balaban J connectivity index is 2.11. The van der Waals surface area contributed by atoms with Gasteiger partial charge in [0.05, 0.1) is 17.7 Å². The fourth-order valence-corrected chi connectivity index (χ4v) is 2.58. The molecule has 1 aliphatic rings. The van der Waals surface area contributed by atoms with Crippen molar-refractivity contribution in [3.8, 4) is 22.8 Å². The number of nitrogens with one attached hydrogen (secondary N) is 1. The van der Waals surface area contributed by atoms with E-state index in [-0.39, 0.29) is 0 Å². The molecule has 0 amide bonds. The molecule has 1 aromatic heterocycles. The molecule has 20 heavy (non-hydrogen) atoms. The van der Waals surface area contributed by atoms with E-state index in [1.165, 1.54) is 0 Å². The van der Waals surface area contributed by atoms with E-state index in [2.05, 4.69) is 31.3 Å². The van der Waals surface area contributed by atoms with Crippen molar-refractivity contribution in [1.82, 2.24) is 9.97 Å². The molecule has 0 fully saturated rings. The van der Waals surface area contributed by atoms with Crippen molar-refractivity contribution in [2.45, 2.75) is 6.42 Å². The molecule has 3 N–H and O–H groups in total. The van der Waals surface area contributed by atoms with Crippen LogP contribution < -0.4 is 20.7 Å². The number of benzene rings is 1. The van der Waals surface area contributed by atoms with E-state index in [0.717, 1.165) is 22.2 Å². The number of rotatable bonds is 2. The molecule has 0 aliphatic carbocycles. The Bertz CT molecular complexity index is 636. The molecule has 2 aromatic rings. The standard InChI is InChI=1S/C13H13BrN4O2/c14-9-6-8(11-13(18-15)17-3-2-16-11)7-10-12(9)20-5-1-4-19-10/h2-3,6-7H,1,4-5,15H2,(H,17,18). The maximum absolute atomic E-state index is 5.71. The van der Waals surface area contributed by atoms with Gasteiger partial charge in [0.1, 0.15) is 5.69 Å². The summed E-state index contributed by atoms with van der Waals surface area (Å²) in [5.74, 6) is 7.39. The minimum atomic E-state index is 0.508. The van der Waals surface area contributed by atoms with Crippen LogP contribution in [0, 0.1) is 0 Å². The van der Waals surface area contributed by atoms with Gasteiger partial charge in [0.25, 0.3) is 0 Å². The highest BCUT2D eigenvalue weighted by atomic mass is 79.9. The molecule has 7 heteroatoms. The Morgan fingerprint density at radius 3 is 2.80 bits per heavy atom. The van der Waals surface area contributed by atoms with Crippen molar-refractivity contribution >= 4 is 21.7 Å². The topological polar surface area (TPSA) is 82.3 Å². The van der Waals surface area contributed by atoms with Crippen molar-refractivity contribution in [2.24, 2.45) is 5.84 Å². The van der Waals surface area contributed by atoms with Gasteiger partial charge in [-0.2, -0.15) is 0 Å². The largest absolute Gasteiger partial charge is 0.489 e. The molecule has 0 radical (unpaired) electrons. The van der Waals surface area contributed by atoms with Gasteiger partial charge in [0, 0.05) is 24.4 Å². The second-order valence-electron chi connectivity index (χ2n) is 4.23. The Morgan fingerprint density at radius 1 is 1.15 bits per heavy atom. The van der Waals surface area contributed by atoms with Gasteiger partial charge in [-0.3, -0.25) is 4.98 Å². The van der Waals surface area contributed by atoms with Crippen molar-refractivity contribution < 1.29 is 9.47 Å². The quantitative estimate of drug-likeness (QED) is 0.647. The van der Waals surface area contributed by atoms with Crippen LogP contribution in [0.5, 0.6) is 11.5 Å². The molecule has 0 bridgehead atoms. The molecule has 2 heterocycles. The molecular weight excluding hydrogens is 324 g/mol. The highest BCUT2D eigenvalue weighted by Gasteiger charge is 2.17. The third-order valence-corrected chi connectivity index (χ3v) is 3.50. The van der Waals surface area contributed by atoms with Crippen LogP contribution in [-0.4, -0.2) is 23.2 Å². The second-order valence-corrected chi connectivity index (χ2v) is 5.09. The van der Waals surface area contributed by atoms with Crippen LogP contribution >= 0.6 is 15.9 Å². The first-order valence-electron chi connectivity index (χ1n) is 6.16. The molecule has 0 atom stereocenters. The minimum Gasteiger partial charge on any atom is -0.489 e. The van der Waals surface area contributed by atoms with E-state index in [4.69, 9.17) is 15.3 Å². The highest BCUT2D eigenvalue weighted by Crippen LogP contribution is 2.41. The summed E-state index contributed by atoms with van der Waals surface area (Å²) < 4.78 is 12.2. The molecule has 1 aliphatic heterocycles. The summed E-state index contributed by atoms with van der Waals surface area (Å²) in [7, 11) is 0. The van der Waals surface area contributed by atoms with Gasteiger partial charge in [-0.1, -0.05) is 0 Å². The Morgan fingerprint density at radius 2 is 1.95 bits per heavy atom. The van der Waals surface area contributed by atoms with E-state index in [1.54, 1.807) is 12.4 Å². The molecule has 0 spiro atoms. The van der Waals surface area contributed by atoms with Gasteiger partial charge >= 0.3 is 0 Å². The van der Waals surface area contributed by atoms with Crippen molar-refractivity contribution in [1.29, 1.82) is 0 Å². The number of hydrogen-bond donors (Lipinski definition) is 2. The molecule has 0 unspecified atom stereocenters. The van der Waals surface area contributed by atoms with Gasteiger partial charge in [-0.15, -0.1) is 0 Å². The summed E-state index contributed by atoms with van der Waals surface area (Å²) in [4.78, 5) is 8.46. The van der Waals surface area contributed by atoms with Crippen LogP contribution in [0.15, 0.2) is 29.0 Å². The SMILES string of the molecule is NNc1nccnc1-c1cc(Br)c2c(c1)OCCCO2. The van der Waals surface area contributed by atoms with Crippen molar-refractivity contribution in [2.75, 3.05) is 18.6 Å². The molecule has 6 nitrogen and oxygen atoms in total. The fraction of sp³-hybridized carbons (Fsp3) is 0.231. The van der Waals surface area contributed by atoms with Crippen LogP contribution in [0.1, 0.15) is 6.42 Å². The van der Waals surface area contributed by atoms with E-state index in [1.807, 2.05) is 12.1 Å². The summed E-state index contributed by atoms with van der Waals surface area (Å²) >= 11 is 3.51. The van der Waals surface area contributed by atoms with Crippen molar-refractivity contribution in [3.63, 3.8) is 0 Å². The summed E-state index contributed by atoms with van der Waals surface area (Å²) in [6, 6.07) is 3.80. The average molecular weight is 337 g/mol. The number of aromatic nitrogens is 2. The monoisotopic (exact) mass is 336 g/mol. The normalized spacial score (nSPS) is 13.7. The number of halogens is 1. The Kier molecular flexibility index (Phi) is 3.70. The summed E-state index contributed by atoms with van der Waals surface area (Å²) in [5.41, 5.74) is 4.05. The van der Waals surface area contributed by atoms with Crippen LogP contribution in [0.4, 0.5) is 5.82 Å². The number of ether oxygens (including phenoxy) is 2. The van der Waals surface area contributed by atoms with Gasteiger partial charge in [-0.25, -0.2) is 10.8 Å². The first kappa shape index (κ1) is 13.1. The Labute approximate surface area is 124 Å². The molecule has 3 rings (SSSR count). The summed E-state index contributed by atoms with van der Waals surface area (Å²) in [6.45, 7) is 1.27. The molecule has 1 aromatic carbocycles. The predicted molar refractivity (Wildman–Crippen MR) is 78.6 cm³/mol. The summed E-state index contributed by atoms with van der Waals surface area (Å²) in [5, 5.41) is 0. The lowest BCUT2D eigenvalue weighted by Crippen LogP contribution is -2.10. The maximum atomic E-state index is 5.71. The zero-order chi connectivity index (χ0) is 13.9. The fourth-order valence-electron chi connectivity index (χ4n) is 2.02. The predicted octanol–water partition coefficient (Wildman–Crippen LogP) is 2.35. The van der Waals surface area contributed by atoms with Gasteiger partial charge in [0.2, 0.25) is 0 Å². The smallest absolute Gasteiger partial charge is 0.175 e. The van der Waals surface area contributed by atoms with Gasteiger partial charge in [0.15, 0.2) is 17.3 Å². The second kappa shape index (κ2) is 5.64. The van der Waals surface area contributed by atoms with Gasteiger partial charge in [-0.05, 0) is 28.1 Å². The zero-order valence-electron chi connectivity index (χ0n) is 10.6.